The average molecular weight is 397 g/mol. The van der Waals surface area contributed by atoms with Crippen molar-refractivity contribution in [2.24, 2.45) is 0 Å². The Bertz CT molecular complexity index is 1020. The van der Waals surface area contributed by atoms with Gasteiger partial charge in [-0.3, -0.25) is 9.78 Å². The molecule has 0 aliphatic carbocycles. The number of nitrogens with zero attached hydrogens (tertiary/aromatic N) is 1. The first-order chi connectivity index (χ1) is 13.3. The van der Waals surface area contributed by atoms with Crippen LogP contribution in [0.3, 0.4) is 0 Å². The Labute approximate surface area is 168 Å². The molecule has 2 atom stereocenters. The molecule has 0 saturated carbocycles. The van der Waals surface area contributed by atoms with E-state index in [4.69, 9.17) is 16.3 Å². The second-order valence-electron chi connectivity index (χ2n) is 6.65. The molecule has 0 aliphatic rings. The monoisotopic (exact) mass is 396 g/mol. The highest BCUT2D eigenvalue weighted by Gasteiger charge is 2.22. The molecule has 3 rings (SSSR count). The molecule has 0 saturated heterocycles. The molecule has 0 radical (unpaired) electrons. The summed E-state index contributed by atoms with van der Waals surface area (Å²) in [4.78, 5) is 29.4. The zero-order valence-electron chi connectivity index (χ0n) is 15.9. The van der Waals surface area contributed by atoms with Gasteiger partial charge in [-0.2, -0.15) is 0 Å². The summed E-state index contributed by atoms with van der Waals surface area (Å²) >= 11 is 6.02. The lowest BCUT2D eigenvalue weighted by molar-refractivity contribution is -0.129. The molecule has 0 aliphatic heterocycles. The number of aryl methyl sites for hydroxylation is 1. The van der Waals surface area contributed by atoms with E-state index in [1.54, 1.807) is 38.1 Å². The van der Waals surface area contributed by atoms with E-state index in [1.165, 1.54) is 0 Å². The third-order valence-corrected chi connectivity index (χ3v) is 4.73. The van der Waals surface area contributed by atoms with Gasteiger partial charge in [0, 0.05) is 10.4 Å². The van der Waals surface area contributed by atoms with Crippen molar-refractivity contribution < 1.29 is 14.3 Å². The van der Waals surface area contributed by atoms with Gasteiger partial charge in [0.15, 0.2) is 6.10 Å². The van der Waals surface area contributed by atoms with Crippen molar-refractivity contribution in [1.29, 1.82) is 0 Å². The highest BCUT2D eigenvalue weighted by atomic mass is 35.5. The van der Waals surface area contributed by atoms with Crippen molar-refractivity contribution >= 4 is 34.4 Å². The number of carbonyl (C=O) groups is 2. The summed E-state index contributed by atoms with van der Waals surface area (Å²) in [5.41, 5.74) is 2.55. The number of rotatable bonds is 5. The van der Waals surface area contributed by atoms with Crippen molar-refractivity contribution in [3.63, 3.8) is 0 Å². The number of fused-ring (bicyclic) bond motifs is 1. The van der Waals surface area contributed by atoms with Crippen LogP contribution in [0.1, 0.15) is 41.5 Å². The number of nitrogens with one attached hydrogen (secondary N) is 1. The maximum Gasteiger partial charge on any atom is 0.340 e. The van der Waals surface area contributed by atoms with E-state index in [0.717, 1.165) is 16.5 Å². The molecule has 0 fully saturated rings. The first kappa shape index (κ1) is 19.8. The molecule has 1 heterocycles. The van der Waals surface area contributed by atoms with E-state index in [0.29, 0.717) is 16.3 Å². The third kappa shape index (κ3) is 4.49. The number of ether oxygens (including phenoxy) is 1. The number of pyridine rings is 1. The second-order valence-corrected chi connectivity index (χ2v) is 7.08. The van der Waals surface area contributed by atoms with Gasteiger partial charge in [-0.25, -0.2) is 4.79 Å². The standard InChI is InChI=1S/C22H21ClN2O3/c1-13(16-7-5-4-6-8-16)25-21(26)15(3)28-22(27)19-12-17-11-18(23)9-10-20(17)24-14(19)2/h4-13,15H,1-3H3,(H,25,26). The van der Waals surface area contributed by atoms with Crippen LogP contribution in [0.4, 0.5) is 0 Å². The molecular formula is C22H21ClN2O3. The lowest BCUT2D eigenvalue weighted by Crippen LogP contribution is -2.37. The number of halogens is 1. The summed E-state index contributed by atoms with van der Waals surface area (Å²) in [6.07, 6.45) is -0.937. The Balaban J connectivity index is 1.70. The van der Waals surface area contributed by atoms with Gasteiger partial charge >= 0.3 is 5.97 Å². The van der Waals surface area contributed by atoms with Crippen molar-refractivity contribution in [3.05, 3.63) is 76.4 Å². The van der Waals surface area contributed by atoms with Gasteiger partial charge in [0.25, 0.3) is 5.91 Å². The van der Waals surface area contributed by atoms with Gasteiger partial charge in [0.05, 0.1) is 22.8 Å². The van der Waals surface area contributed by atoms with E-state index >= 15 is 0 Å². The Morgan fingerprint density at radius 3 is 2.50 bits per heavy atom. The van der Waals surface area contributed by atoms with Crippen LogP contribution < -0.4 is 5.32 Å². The van der Waals surface area contributed by atoms with Gasteiger partial charge < -0.3 is 10.1 Å². The van der Waals surface area contributed by atoms with Gasteiger partial charge in [0.1, 0.15) is 0 Å². The lowest BCUT2D eigenvalue weighted by atomic mass is 10.1. The third-order valence-electron chi connectivity index (χ3n) is 4.50. The van der Waals surface area contributed by atoms with Gasteiger partial charge in [0.2, 0.25) is 0 Å². The molecule has 0 bridgehead atoms. The Morgan fingerprint density at radius 1 is 1.07 bits per heavy atom. The normalized spacial score (nSPS) is 13.0. The van der Waals surface area contributed by atoms with Crippen LogP contribution in [-0.2, 0) is 9.53 Å². The van der Waals surface area contributed by atoms with E-state index in [1.807, 2.05) is 37.3 Å². The van der Waals surface area contributed by atoms with E-state index < -0.39 is 12.1 Å². The predicted molar refractivity (Wildman–Crippen MR) is 109 cm³/mol. The quantitative estimate of drug-likeness (QED) is 0.639. The van der Waals surface area contributed by atoms with Gasteiger partial charge in [-0.15, -0.1) is 0 Å². The molecule has 1 N–H and O–H groups in total. The van der Waals surface area contributed by atoms with Crippen LogP contribution in [0.15, 0.2) is 54.6 Å². The predicted octanol–water partition coefficient (Wildman–Crippen LogP) is 4.62. The van der Waals surface area contributed by atoms with E-state index in [2.05, 4.69) is 10.3 Å². The first-order valence-corrected chi connectivity index (χ1v) is 9.36. The number of aromatic nitrogens is 1. The smallest absolute Gasteiger partial charge is 0.340 e. The largest absolute Gasteiger partial charge is 0.449 e. The summed E-state index contributed by atoms with van der Waals surface area (Å²) in [6, 6.07) is 16.3. The summed E-state index contributed by atoms with van der Waals surface area (Å²) in [5, 5.41) is 4.15. The highest BCUT2D eigenvalue weighted by Crippen LogP contribution is 2.21. The summed E-state index contributed by atoms with van der Waals surface area (Å²) < 4.78 is 5.37. The SMILES string of the molecule is Cc1nc2ccc(Cl)cc2cc1C(=O)OC(C)C(=O)NC(C)c1ccccc1. The van der Waals surface area contributed by atoms with Crippen molar-refractivity contribution in [3.8, 4) is 0 Å². The number of hydrogen-bond acceptors (Lipinski definition) is 4. The molecule has 2 aromatic carbocycles. The number of amides is 1. The Kier molecular flexibility index (Phi) is 5.95. The maximum atomic E-state index is 12.6. The van der Waals surface area contributed by atoms with Crippen molar-refractivity contribution in [2.75, 3.05) is 0 Å². The molecule has 3 aromatic rings. The molecular weight excluding hydrogens is 376 g/mol. The van der Waals surface area contributed by atoms with Crippen LogP contribution >= 0.6 is 11.6 Å². The van der Waals surface area contributed by atoms with E-state index in [9.17, 15) is 9.59 Å². The van der Waals surface area contributed by atoms with Crippen LogP contribution in [0.5, 0.6) is 0 Å². The minimum absolute atomic E-state index is 0.193. The van der Waals surface area contributed by atoms with Crippen molar-refractivity contribution in [2.45, 2.75) is 32.9 Å². The number of hydrogen-bond donors (Lipinski definition) is 1. The molecule has 6 heteroatoms. The fourth-order valence-corrected chi connectivity index (χ4v) is 3.06. The van der Waals surface area contributed by atoms with Crippen LogP contribution in [0, 0.1) is 6.92 Å². The Hall–Kier alpha value is -2.92. The molecule has 1 amide bonds. The zero-order valence-corrected chi connectivity index (χ0v) is 16.7. The van der Waals surface area contributed by atoms with Crippen LogP contribution in [0.25, 0.3) is 10.9 Å². The molecule has 2 unspecified atom stereocenters. The first-order valence-electron chi connectivity index (χ1n) is 8.98. The number of esters is 1. The molecule has 1 aromatic heterocycles. The minimum atomic E-state index is -0.937. The molecule has 28 heavy (non-hydrogen) atoms. The Morgan fingerprint density at radius 2 is 1.79 bits per heavy atom. The topological polar surface area (TPSA) is 68.3 Å². The maximum absolute atomic E-state index is 12.6. The summed E-state index contributed by atoms with van der Waals surface area (Å²) in [6.45, 7) is 5.15. The fourth-order valence-electron chi connectivity index (χ4n) is 2.88. The van der Waals surface area contributed by atoms with Crippen LogP contribution in [-0.4, -0.2) is 23.0 Å². The fraction of sp³-hybridized carbons (Fsp3) is 0.227. The zero-order chi connectivity index (χ0) is 20.3. The van der Waals surface area contributed by atoms with Gasteiger partial charge in [-0.1, -0.05) is 41.9 Å². The van der Waals surface area contributed by atoms with E-state index in [-0.39, 0.29) is 11.9 Å². The average Bonchev–Trinajstić information content (AvgIpc) is 2.68. The number of benzene rings is 2. The van der Waals surface area contributed by atoms with Gasteiger partial charge in [-0.05, 0) is 50.6 Å². The minimum Gasteiger partial charge on any atom is -0.449 e. The molecule has 144 valence electrons. The number of carbonyl (C=O) groups excluding carboxylic acids is 2. The lowest BCUT2D eigenvalue weighted by Gasteiger charge is -2.18. The molecule has 0 spiro atoms. The van der Waals surface area contributed by atoms with Crippen molar-refractivity contribution in [1.82, 2.24) is 10.3 Å². The molecule has 5 nitrogen and oxygen atoms in total. The summed E-state index contributed by atoms with van der Waals surface area (Å²) in [5.74, 6) is -0.957. The second kappa shape index (κ2) is 8.40. The van der Waals surface area contributed by atoms with Crippen LogP contribution in [0.2, 0.25) is 5.02 Å². The summed E-state index contributed by atoms with van der Waals surface area (Å²) in [7, 11) is 0. The highest BCUT2D eigenvalue weighted by molar-refractivity contribution is 6.31.